The number of sulfone groups is 1. The molecule has 1 N–H and O–H groups in total. The zero-order valence-electron chi connectivity index (χ0n) is 14.2. The molecule has 1 aromatic heterocycles. The fraction of sp³-hybridized carbons (Fsp3) is 0.263. The van der Waals surface area contributed by atoms with Gasteiger partial charge in [0.15, 0.2) is 15.6 Å². The Morgan fingerprint density at radius 3 is 2.77 bits per heavy atom. The van der Waals surface area contributed by atoms with Crippen LogP contribution in [0.2, 0.25) is 0 Å². The number of fused-ring (bicyclic) bond motifs is 3. The Labute approximate surface area is 150 Å². The number of carbonyl (C=O) groups is 1. The molecule has 2 aromatic carbocycles. The Bertz CT molecular complexity index is 1140. The molecule has 0 radical (unpaired) electrons. The smallest absolute Gasteiger partial charge is 0.244 e. The van der Waals surface area contributed by atoms with Gasteiger partial charge in [-0.2, -0.15) is 5.10 Å². The second-order valence-corrected chi connectivity index (χ2v) is 8.81. The Hall–Kier alpha value is -2.67. The highest BCUT2D eigenvalue weighted by Crippen LogP contribution is 2.28. The van der Waals surface area contributed by atoms with Gasteiger partial charge in [0.05, 0.1) is 17.4 Å². The van der Waals surface area contributed by atoms with Gasteiger partial charge in [-0.3, -0.25) is 4.79 Å². The number of furan rings is 1. The molecule has 2 heterocycles. The molecule has 134 valence electrons. The van der Waals surface area contributed by atoms with E-state index in [-0.39, 0.29) is 17.4 Å². The molecule has 1 aliphatic heterocycles. The largest absolute Gasteiger partial charge is 0.455 e. The summed E-state index contributed by atoms with van der Waals surface area (Å²) in [6.07, 6.45) is 0.347. The van der Waals surface area contributed by atoms with Gasteiger partial charge in [0.1, 0.15) is 11.3 Å². The molecular formula is C19H18N2O4S. The summed E-state index contributed by atoms with van der Waals surface area (Å²) in [6, 6.07) is 13.9. The third-order valence-electron chi connectivity index (χ3n) is 4.72. The molecule has 0 aliphatic carbocycles. The molecule has 1 atom stereocenters. The van der Waals surface area contributed by atoms with E-state index >= 15 is 0 Å². The van der Waals surface area contributed by atoms with Gasteiger partial charge in [-0.25, -0.2) is 13.8 Å². The van der Waals surface area contributed by atoms with Crippen molar-refractivity contribution < 1.29 is 17.6 Å². The first-order valence-corrected chi connectivity index (χ1v) is 10.2. The van der Waals surface area contributed by atoms with Crippen molar-refractivity contribution >= 4 is 43.2 Å². The average molecular weight is 370 g/mol. The molecule has 1 fully saturated rings. The van der Waals surface area contributed by atoms with Crippen molar-refractivity contribution in [3.05, 3.63) is 48.2 Å². The summed E-state index contributed by atoms with van der Waals surface area (Å²) in [5.41, 5.74) is 3.75. The minimum atomic E-state index is -3.10. The Balaban J connectivity index is 1.58. The lowest BCUT2D eigenvalue weighted by Gasteiger charge is -2.05. The molecule has 1 aliphatic rings. The van der Waals surface area contributed by atoms with Crippen LogP contribution in [0, 0.1) is 5.92 Å². The number of hydrogen-bond donors (Lipinski definition) is 1. The van der Waals surface area contributed by atoms with Gasteiger partial charge in [0.25, 0.3) is 0 Å². The summed E-state index contributed by atoms with van der Waals surface area (Å²) in [6.45, 7) is 1.74. The van der Waals surface area contributed by atoms with Crippen LogP contribution in [0.15, 0.2) is 52.0 Å². The molecule has 0 unspecified atom stereocenters. The summed E-state index contributed by atoms with van der Waals surface area (Å²) < 4.78 is 28.8. The first-order valence-electron chi connectivity index (χ1n) is 8.39. The second kappa shape index (κ2) is 6.25. The van der Waals surface area contributed by atoms with Crippen LogP contribution < -0.4 is 5.43 Å². The van der Waals surface area contributed by atoms with Gasteiger partial charge < -0.3 is 4.42 Å². The summed E-state index contributed by atoms with van der Waals surface area (Å²) in [5.74, 6) is -0.382. The lowest BCUT2D eigenvalue weighted by molar-refractivity contribution is -0.124. The third-order valence-corrected chi connectivity index (χ3v) is 6.49. The molecule has 26 heavy (non-hydrogen) atoms. The number of benzene rings is 2. The normalized spacial score (nSPS) is 19.9. The van der Waals surface area contributed by atoms with Crippen LogP contribution >= 0.6 is 0 Å². The van der Waals surface area contributed by atoms with Crippen molar-refractivity contribution in [2.45, 2.75) is 13.3 Å². The van der Waals surface area contributed by atoms with Gasteiger partial charge in [-0.05, 0) is 36.2 Å². The predicted molar refractivity (Wildman–Crippen MR) is 101 cm³/mol. The topological polar surface area (TPSA) is 88.7 Å². The Morgan fingerprint density at radius 2 is 2.00 bits per heavy atom. The van der Waals surface area contributed by atoms with E-state index in [0.29, 0.717) is 17.9 Å². The lowest BCUT2D eigenvalue weighted by Crippen LogP contribution is -2.28. The zero-order valence-corrected chi connectivity index (χ0v) is 15.0. The highest BCUT2D eigenvalue weighted by molar-refractivity contribution is 7.91. The highest BCUT2D eigenvalue weighted by atomic mass is 32.2. The number of hydrazone groups is 1. The predicted octanol–water partition coefficient (Wildman–Crippen LogP) is 2.86. The van der Waals surface area contributed by atoms with Crippen LogP contribution in [-0.2, 0) is 14.6 Å². The molecule has 0 bridgehead atoms. The molecule has 0 spiro atoms. The SMILES string of the molecule is C/C(=N/NC(=O)[C@H]1CCS(=O)(=O)C1)c1cc2c(ccc3ccccc32)o1. The van der Waals surface area contributed by atoms with E-state index in [1.807, 2.05) is 42.5 Å². The summed E-state index contributed by atoms with van der Waals surface area (Å²) >= 11 is 0. The van der Waals surface area contributed by atoms with E-state index < -0.39 is 15.8 Å². The fourth-order valence-corrected chi connectivity index (χ4v) is 5.00. The maximum Gasteiger partial charge on any atom is 0.244 e. The second-order valence-electron chi connectivity index (χ2n) is 6.58. The number of amides is 1. The van der Waals surface area contributed by atoms with E-state index in [2.05, 4.69) is 10.5 Å². The molecule has 3 aromatic rings. The van der Waals surface area contributed by atoms with Crippen molar-refractivity contribution in [2.75, 3.05) is 11.5 Å². The van der Waals surface area contributed by atoms with Crippen LogP contribution in [0.3, 0.4) is 0 Å². The van der Waals surface area contributed by atoms with E-state index in [1.165, 1.54) is 0 Å². The number of rotatable bonds is 3. The molecule has 1 saturated heterocycles. The summed E-state index contributed by atoms with van der Waals surface area (Å²) in [7, 11) is -3.10. The van der Waals surface area contributed by atoms with Crippen LogP contribution in [0.1, 0.15) is 19.1 Å². The molecule has 7 heteroatoms. The molecular weight excluding hydrogens is 352 g/mol. The Morgan fingerprint density at radius 1 is 1.19 bits per heavy atom. The standard InChI is InChI=1S/C19H18N2O4S/c1-12(20-21-19(22)14-8-9-26(23,24)11-14)18-10-16-15-5-3-2-4-13(15)6-7-17(16)25-18/h2-7,10,14H,8-9,11H2,1H3,(H,21,22)/b20-12-/t14-/m0/s1. The maximum absolute atomic E-state index is 12.1. The van der Waals surface area contributed by atoms with Gasteiger partial charge in [0, 0.05) is 5.39 Å². The highest BCUT2D eigenvalue weighted by Gasteiger charge is 2.32. The maximum atomic E-state index is 12.1. The quantitative estimate of drug-likeness (QED) is 0.567. The fourth-order valence-electron chi connectivity index (χ4n) is 3.26. The molecule has 1 amide bonds. The molecule has 6 nitrogen and oxygen atoms in total. The van der Waals surface area contributed by atoms with Crippen LogP contribution in [0.5, 0.6) is 0 Å². The van der Waals surface area contributed by atoms with E-state index in [1.54, 1.807) is 6.92 Å². The van der Waals surface area contributed by atoms with Gasteiger partial charge in [0.2, 0.25) is 5.91 Å². The van der Waals surface area contributed by atoms with Gasteiger partial charge in [-0.15, -0.1) is 0 Å². The minimum Gasteiger partial charge on any atom is -0.455 e. The zero-order chi connectivity index (χ0) is 18.3. The number of nitrogens with zero attached hydrogens (tertiary/aromatic N) is 1. The van der Waals surface area contributed by atoms with Crippen molar-refractivity contribution in [2.24, 2.45) is 11.0 Å². The summed E-state index contributed by atoms with van der Waals surface area (Å²) in [5, 5.41) is 7.29. The van der Waals surface area contributed by atoms with Gasteiger partial charge >= 0.3 is 0 Å². The Kier molecular flexibility index (Phi) is 4.03. The summed E-state index contributed by atoms with van der Waals surface area (Å²) in [4.78, 5) is 12.1. The minimum absolute atomic E-state index is 0.0600. The monoisotopic (exact) mass is 370 g/mol. The lowest BCUT2D eigenvalue weighted by atomic mass is 10.1. The molecule has 0 saturated carbocycles. The number of nitrogens with one attached hydrogen (secondary N) is 1. The van der Waals surface area contributed by atoms with E-state index in [0.717, 1.165) is 21.7 Å². The van der Waals surface area contributed by atoms with Crippen molar-refractivity contribution in [3.8, 4) is 0 Å². The molecule has 4 rings (SSSR count). The number of hydrogen-bond acceptors (Lipinski definition) is 5. The van der Waals surface area contributed by atoms with Gasteiger partial charge in [-0.1, -0.05) is 30.3 Å². The first-order chi connectivity index (χ1) is 12.4. The van der Waals surface area contributed by atoms with Crippen LogP contribution in [-0.4, -0.2) is 31.5 Å². The van der Waals surface area contributed by atoms with Crippen molar-refractivity contribution in [3.63, 3.8) is 0 Å². The van der Waals surface area contributed by atoms with E-state index in [4.69, 9.17) is 4.42 Å². The number of carbonyl (C=O) groups excluding carboxylic acids is 1. The third kappa shape index (κ3) is 3.10. The van der Waals surface area contributed by atoms with Crippen LogP contribution in [0.25, 0.3) is 21.7 Å². The van der Waals surface area contributed by atoms with Crippen molar-refractivity contribution in [1.82, 2.24) is 5.43 Å². The van der Waals surface area contributed by atoms with Crippen LogP contribution in [0.4, 0.5) is 0 Å². The van der Waals surface area contributed by atoms with Crippen molar-refractivity contribution in [1.29, 1.82) is 0 Å². The van der Waals surface area contributed by atoms with E-state index in [9.17, 15) is 13.2 Å². The first kappa shape index (κ1) is 16.8. The average Bonchev–Trinajstić information content (AvgIpc) is 3.22.